The Bertz CT molecular complexity index is 1260. The number of nitrogens with zero attached hydrogens (tertiary/aromatic N) is 2. The quantitative estimate of drug-likeness (QED) is 0.364. The third kappa shape index (κ3) is 6.61. The second-order valence-electron chi connectivity index (χ2n) is 7.64. The van der Waals surface area contributed by atoms with E-state index in [4.69, 9.17) is 16.3 Å². The number of sulfonamides is 1. The largest absolute Gasteiger partial charge is 0.452 e. The lowest BCUT2D eigenvalue weighted by Crippen LogP contribution is -2.34. The van der Waals surface area contributed by atoms with Crippen LogP contribution < -0.4 is 4.31 Å². The summed E-state index contributed by atoms with van der Waals surface area (Å²) in [6.45, 7) is 4.34. The van der Waals surface area contributed by atoms with E-state index in [1.54, 1.807) is 29.2 Å². The lowest BCUT2D eigenvalue weighted by molar-refractivity contribution is -0.134. The Morgan fingerprint density at radius 1 is 0.886 bits per heavy atom. The molecule has 0 aliphatic heterocycles. The summed E-state index contributed by atoms with van der Waals surface area (Å²) < 4.78 is 33.8. The van der Waals surface area contributed by atoms with Gasteiger partial charge in [0.2, 0.25) is 0 Å². The Kier molecular flexibility index (Phi) is 8.89. The van der Waals surface area contributed by atoms with E-state index in [1.807, 2.05) is 44.2 Å². The van der Waals surface area contributed by atoms with E-state index in [2.05, 4.69) is 0 Å². The maximum atomic E-state index is 13.7. The molecular formula is C26H27ClN2O5S. The van der Waals surface area contributed by atoms with Gasteiger partial charge in [-0.3, -0.25) is 9.10 Å². The lowest BCUT2D eigenvalue weighted by atomic mass is 10.2. The molecule has 0 heterocycles. The summed E-state index contributed by atoms with van der Waals surface area (Å²) in [5.74, 6) is -1.09. The van der Waals surface area contributed by atoms with Crippen molar-refractivity contribution in [1.29, 1.82) is 0 Å². The molecule has 1 amide bonds. The van der Waals surface area contributed by atoms with Crippen LogP contribution >= 0.6 is 11.6 Å². The van der Waals surface area contributed by atoms with Crippen LogP contribution in [-0.2, 0) is 26.1 Å². The molecular weight excluding hydrogens is 488 g/mol. The van der Waals surface area contributed by atoms with Crippen molar-refractivity contribution in [2.75, 3.05) is 24.0 Å². The number of anilines is 1. The van der Waals surface area contributed by atoms with Gasteiger partial charge in [-0.25, -0.2) is 13.2 Å². The Morgan fingerprint density at radius 3 is 2.17 bits per heavy atom. The average Bonchev–Trinajstić information content (AvgIpc) is 2.88. The average molecular weight is 515 g/mol. The normalized spacial score (nSPS) is 11.1. The predicted molar refractivity (Wildman–Crippen MR) is 136 cm³/mol. The topological polar surface area (TPSA) is 84.0 Å². The zero-order valence-corrected chi connectivity index (χ0v) is 21.1. The molecule has 0 aromatic heterocycles. The fourth-order valence-electron chi connectivity index (χ4n) is 3.46. The fourth-order valence-corrected chi connectivity index (χ4v) is 5.09. The molecule has 0 N–H and O–H groups in total. The van der Waals surface area contributed by atoms with Gasteiger partial charge in [-0.15, -0.1) is 0 Å². The second kappa shape index (κ2) is 11.9. The lowest BCUT2D eigenvalue weighted by Gasteiger charge is -2.25. The molecule has 0 bridgehead atoms. The molecule has 0 unspecified atom stereocenters. The second-order valence-corrected chi connectivity index (χ2v) is 9.94. The van der Waals surface area contributed by atoms with Gasteiger partial charge in [0.15, 0.2) is 6.61 Å². The molecule has 35 heavy (non-hydrogen) atoms. The number of hydrogen-bond donors (Lipinski definition) is 0. The number of carbonyl (C=O) groups excluding carboxylic acids is 2. The molecule has 9 heteroatoms. The van der Waals surface area contributed by atoms with Crippen LogP contribution in [0.15, 0.2) is 83.8 Å². The number of likely N-dealkylation sites (N-methyl/N-ethyl adjacent to an activating group) is 1. The van der Waals surface area contributed by atoms with Gasteiger partial charge in [-0.2, -0.15) is 0 Å². The van der Waals surface area contributed by atoms with Gasteiger partial charge < -0.3 is 9.64 Å². The molecule has 7 nitrogen and oxygen atoms in total. The maximum absolute atomic E-state index is 13.7. The predicted octanol–water partition coefficient (Wildman–Crippen LogP) is 4.76. The minimum Gasteiger partial charge on any atom is -0.452 e. The third-order valence-corrected chi connectivity index (χ3v) is 7.41. The first-order valence-electron chi connectivity index (χ1n) is 11.1. The number of amides is 1. The fraction of sp³-hybridized carbons (Fsp3) is 0.231. The summed E-state index contributed by atoms with van der Waals surface area (Å²) in [7, 11) is -4.07. The van der Waals surface area contributed by atoms with Crippen LogP contribution in [0.4, 0.5) is 5.69 Å². The first-order chi connectivity index (χ1) is 16.8. The maximum Gasteiger partial charge on any atom is 0.338 e. The highest BCUT2D eigenvalue weighted by Gasteiger charge is 2.26. The smallest absolute Gasteiger partial charge is 0.338 e. The SMILES string of the molecule is CCN(CC)C(=O)COC(=O)c1cccc(S(=O)(=O)N(Cc2ccccc2)c2ccc(Cl)cc2)c1. The Balaban J connectivity index is 1.89. The van der Waals surface area contributed by atoms with Crippen LogP contribution in [0.3, 0.4) is 0 Å². The van der Waals surface area contributed by atoms with Crippen molar-refractivity contribution in [2.24, 2.45) is 0 Å². The molecule has 184 valence electrons. The zero-order valence-electron chi connectivity index (χ0n) is 19.6. The standard InChI is InChI=1S/C26H27ClN2O5S/c1-3-28(4-2)25(30)19-34-26(31)21-11-8-12-24(17-21)35(32,33)29(18-20-9-6-5-7-10-20)23-15-13-22(27)14-16-23/h5-17H,3-4,18-19H2,1-2H3. The van der Waals surface area contributed by atoms with Crippen LogP contribution in [0.2, 0.25) is 5.02 Å². The molecule has 0 saturated heterocycles. The zero-order chi connectivity index (χ0) is 25.4. The van der Waals surface area contributed by atoms with Crippen LogP contribution in [0.5, 0.6) is 0 Å². The van der Waals surface area contributed by atoms with Crippen LogP contribution in [0.1, 0.15) is 29.8 Å². The number of benzene rings is 3. The highest BCUT2D eigenvalue weighted by Crippen LogP contribution is 2.28. The van der Waals surface area contributed by atoms with E-state index in [-0.39, 0.29) is 22.9 Å². The van der Waals surface area contributed by atoms with E-state index in [0.717, 1.165) is 5.56 Å². The summed E-state index contributed by atoms with van der Waals surface area (Å²) in [4.78, 5) is 26.2. The van der Waals surface area contributed by atoms with E-state index in [1.165, 1.54) is 28.6 Å². The summed E-state index contributed by atoms with van der Waals surface area (Å²) >= 11 is 6.01. The van der Waals surface area contributed by atoms with Crippen LogP contribution in [0.25, 0.3) is 0 Å². The summed E-state index contributed by atoms with van der Waals surface area (Å²) in [5, 5.41) is 0.481. The Morgan fingerprint density at radius 2 is 1.54 bits per heavy atom. The van der Waals surface area contributed by atoms with Gasteiger partial charge in [-0.1, -0.05) is 48.0 Å². The molecule has 0 fully saturated rings. The van der Waals surface area contributed by atoms with Crippen molar-refractivity contribution < 1.29 is 22.7 Å². The third-order valence-electron chi connectivity index (χ3n) is 5.38. The van der Waals surface area contributed by atoms with E-state index in [0.29, 0.717) is 23.8 Å². The van der Waals surface area contributed by atoms with Gasteiger partial charge >= 0.3 is 5.97 Å². The minimum atomic E-state index is -4.07. The Labute approximate surface area is 210 Å². The molecule has 0 saturated carbocycles. The molecule has 3 aromatic rings. The van der Waals surface area contributed by atoms with E-state index < -0.39 is 22.6 Å². The highest BCUT2D eigenvalue weighted by atomic mass is 35.5. The van der Waals surface area contributed by atoms with Gasteiger partial charge in [-0.05, 0) is 61.9 Å². The number of halogens is 1. The van der Waals surface area contributed by atoms with Gasteiger partial charge in [0.25, 0.3) is 15.9 Å². The number of hydrogen-bond acceptors (Lipinski definition) is 5. The Hall–Kier alpha value is -3.36. The molecule has 3 aromatic carbocycles. The first kappa shape index (κ1) is 26.2. The first-order valence-corrected chi connectivity index (χ1v) is 12.9. The molecule has 0 aliphatic rings. The number of carbonyl (C=O) groups is 2. The van der Waals surface area contributed by atoms with Crippen molar-refractivity contribution in [2.45, 2.75) is 25.3 Å². The molecule has 0 radical (unpaired) electrons. The minimum absolute atomic E-state index is 0.0363. The van der Waals surface area contributed by atoms with Crippen LogP contribution in [0, 0.1) is 0 Å². The summed E-state index contributed by atoms with van der Waals surface area (Å²) in [6.07, 6.45) is 0. The van der Waals surface area contributed by atoms with Crippen molar-refractivity contribution in [3.05, 3.63) is 95.0 Å². The van der Waals surface area contributed by atoms with Gasteiger partial charge in [0.1, 0.15) is 0 Å². The van der Waals surface area contributed by atoms with Gasteiger partial charge in [0, 0.05) is 18.1 Å². The molecule has 0 spiro atoms. The number of ether oxygens (including phenoxy) is 1. The van der Waals surface area contributed by atoms with E-state index in [9.17, 15) is 18.0 Å². The summed E-state index contributed by atoms with van der Waals surface area (Å²) in [6, 6.07) is 21.3. The summed E-state index contributed by atoms with van der Waals surface area (Å²) in [5.41, 5.74) is 1.25. The molecule has 3 rings (SSSR count). The van der Waals surface area contributed by atoms with Crippen molar-refractivity contribution in [3.8, 4) is 0 Å². The molecule has 0 aliphatic carbocycles. The monoisotopic (exact) mass is 514 g/mol. The van der Waals surface area contributed by atoms with Crippen molar-refractivity contribution in [3.63, 3.8) is 0 Å². The van der Waals surface area contributed by atoms with Gasteiger partial charge in [0.05, 0.1) is 22.7 Å². The number of rotatable bonds is 10. The van der Waals surface area contributed by atoms with Crippen LogP contribution in [-0.4, -0.2) is 44.9 Å². The molecule has 0 atom stereocenters. The van der Waals surface area contributed by atoms with E-state index >= 15 is 0 Å². The van der Waals surface area contributed by atoms with Crippen molar-refractivity contribution >= 4 is 39.2 Å². The highest BCUT2D eigenvalue weighted by molar-refractivity contribution is 7.92. The number of esters is 1. The van der Waals surface area contributed by atoms with Crippen molar-refractivity contribution in [1.82, 2.24) is 4.90 Å².